The van der Waals surface area contributed by atoms with Crippen molar-refractivity contribution in [3.8, 4) is 0 Å². The third-order valence-corrected chi connectivity index (χ3v) is 5.32. The standard InChI is InChI=1S/C11H6Br2ClNOS2/c12-6-1-2-7(8(14)5-6)11(16)15-18-10-4-3-9(13)17-10/h1-5H,(H,15,16). The highest BCUT2D eigenvalue weighted by atomic mass is 79.9. The Morgan fingerprint density at radius 3 is 2.67 bits per heavy atom. The van der Waals surface area contributed by atoms with Crippen molar-refractivity contribution < 1.29 is 4.79 Å². The number of thiophene rings is 1. The number of benzene rings is 1. The molecule has 2 nitrogen and oxygen atoms in total. The van der Waals surface area contributed by atoms with E-state index in [9.17, 15) is 4.79 Å². The zero-order valence-electron chi connectivity index (χ0n) is 8.75. The number of amides is 1. The lowest BCUT2D eigenvalue weighted by molar-refractivity contribution is 0.0984. The molecule has 1 aromatic heterocycles. The van der Waals surface area contributed by atoms with Gasteiger partial charge in [0.15, 0.2) is 0 Å². The number of halogens is 3. The normalized spacial score (nSPS) is 10.4. The Morgan fingerprint density at radius 2 is 2.06 bits per heavy atom. The van der Waals surface area contributed by atoms with Crippen molar-refractivity contribution in [2.24, 2.45) is 0 Å². The SMILES string of the molecule is O=C(NSc1ccc(Br)s1)c1ccc(Br)cc1Cl. The molecule has 0 unspecified atom stereocenters. The van der Waals surface area contributed by atoms with Crippen molar-refractivity contribution in [1.29, 1.82) is 0 Å². The van der Waals surface area contributed by atoms with E-state index in [-0.39, 0.29) is 5.91 Å². The molecule has 0 saturated heterocycles. The van der Waals surface area contributed by atoms with Gasteiger partial charge in [0.25, 0.3) is 5.91 Å². The molecule has 0 spiro atoms. The van der Waals surface area contributed by atoms with E-state index in [0.29, 0.717) is 10.6 Å². The zero-order valence-corrected chi connectivity index (χ0v) is 14.3. The average molecular weight is 428 g/mol. The molecule has 2 rings (SSSR count). The number of rotatable bonds is 3. The Balaban J connectivity index is 2.03. The first-order chi connectivity index (χ1) is 8.56. The smallest absolute Gasteiger partial charge is 0.262 e. The number of hydrogen-bond acceptors (Lipinski definition) is 3. The summed E-state index contributed by atoms with van der Waals surface area (Å²) in [5, 5.41) is 0.426. The summed E-state index contributed by atoms with van der Waals surface area (Å²) in [6.07, 6.45) is 0. The van der Waals surface area contributed by atoms with Gasteiger partial charge in [-0.3, -0.25) is 9.52 Å². The second-order valence-corrected chi connectivity index (χ2v) is 8.11. The Morgan fingerprint density at radius 1 is 1.28 bits per heavy atom. The maximum atomic E-state index is 11.9. The maximum Gasteiger partial charge on any atom is 0.262 e. The predicted octanol–water partition coefficient (Wildman–Crippen LogP) is 5.36. The lowest BCUT2D eigenvalue weighted by Crippen LogP contribution is -2.15. The Labute approximate surface area is 135 Å². The molecule has 18 heavy (non-hydrogen) atoms. The van der Waals surface area contributed by atoms with Crippen LogP contribution in [0.25, 0.3) is 0 Å². The second-order valence-electron chi connectivity index (χ2n) is 3.22. The maximum absolute atomic E-state index is 11.9. The molecule has 2 aromatic rings. The molecule has 0 atom stereocenters. The molecule has 1 N–H and O–H groups in total. The van der Waals surface area contributed by atoms with E-state index in [1.807, 2.05) is 12.1 Å². The van der Waals surface area contributed by atoms with E-state index in [0.717, 1.165) is 12.5 Å². The number of carbonyl (C=O) groups is 1. The third kappa shape index (κ3) is 3.74. The zero-order chi connectivity index (χ0) is 13.1. The third-order valence-electron chi connectivity index (χ3n) is 1.97. The molecule has 1 aromatic carbocycles. The van der Waals surface area contributed by atoms with E-state index in [2.05, 4.69) is 36.6 Å². The van der Waals surface area contributed by atoms with Crippen LogP contribution in [0.4, 0.5) is 0 Å². The highest BCUT2D eigenvalue weighted by Gasteiger charge is 2.11. The molecule has 0 aliphatic heterocycles. The first-order valence-corrected chi connectivity index (χ1v) is 8.33. The molecule has 0 bridgehead atoms. The summed E-state index contributed by atoms with van der Waals surface area (Å²) >= 11 is 15.5. The van der Waals surface area contributed by atoms with Crippen LogP contribution < -0.4 is 4.72 Å². The monoisotopic (exact) mass is 425 g/mol. The summed E-state index contributed by atoms with van der Waals surface area (Å²) in [5.74, 6) is -0.206. The van der Waals surface area contributed by atoms with Gasteiger partial charge >= 0.3 is 0 Å². The van der Waals surface area contributed by atoms with Crippen molar-refractivity contribution in [3.05, 3.63) is 49.2 Å². The lowest BCUT2D eigenvalue weighted by atomic mass is 10.2. The molecule has 0 aliphatic rings. The minimum absolute atomic E-state index is 0.206. The van der Waals surface area contributed by atoms with Gasteiger partial charge < -0.3 is 0 Å². The van der Waals surface area contributed by atoms with Crippen molar-refractivity contribution in [1.82, 2.24) is 4.72 Å². The van der Waals surface area contributed by atoms with Crippen LogP contribution in [0.1, 0.15) is 10.4 Å². The van der Waals surface area contributed by atoms with Gasteiger partial charge in [0, 0.05) is 4.47 Å². The quantitative estimate of drug-likeness (QED) is 0.668. The van der Waals surface area contributed by atoms with Crippen LogP contribution in [-0.2, 0) is 0 Å². The molecule has 1 heterocycles. The first kappa shape index (κ1) is 14.4. The van der Waals surface area contributed by atoms with Crippen molar-refractivity contribution >= 4 is 72.7 Å². The van der Waals surface area contributed by atoms with Crippen LogP contribution in [-0.4, -0.2) is 5.91 Å². The molecule has 1 amide bonds. The number of hydrogen-bond donors (Lipinski definition) is 1. The molecule has 0 radical (unpaired) electrons. The highest BCUT2D eigenvalue weighted by molar-refractivity contribution is 9.11. The summed E-state index contributed by atoms with van der Waals surface area (Å²) < 4.78 is 5.63. The van der Waals surface area contributed by atoms with Crippen LogP contribution in [0, 0.1) is 0 Å². The summed E-state index contributed by atoms with van der Waals surface area (Å²) in [7, 11) is 0. The summed E-state index contributed by atoms with van der Waals surface area (Å²) in [4.78, 5) is 11.9. The van der Waals surface area contributed by atoms with E-state index >= 15 is 0 Å². The molecule has 0 aliphatic carbocycles. The first-order valence-electron chi connectivity index (χ1n) is 4.74. The fraction of sp³-hybridized carbons (Fsp3) is 0. The fourth-order valence-electron chi connectivity index (χ4n) is 1.18. The van der Waals surface area contributed by atoms with E-state index in [1.54, 1.807) is 29.5 Å². The molecule has 94 valence electrons. The summed E-state index contributed by atoms with van der Waals surface area (Å²) in [5.41, 5.74) is 0.461. The van der Waals surface area contributed by atoms with Crippen molar-refractivity contribution in [2.45, 2.75) is 4.21 Å². The van der Waals surface area contributed by atoms with Gasteiger partial charge in [-0.25, -0.2) is 0 Å². The largest absolute Gasteiger partial charge is 0.291 e. The second kappa shape index (κ2) is 6.43. The average Bonchev–Trinajstić information content (AvgIpc) is 2.72. The number of carbonyl (C=O) groups excluding carboxylic acids is 1. The van der Waals surface area contributed by atoms with E-state index < -0.39 is 0 Å². The van der Waals surface area contributed by atoms with Gasteiger partial charge in [-0.1, -0.05) is 27.5 Å². The van der Waals surface area contributed by atoms with Gasteiger partial charge in [0.1, 0.15) is 0 Å². The topological polar surface area (TPSA) is 29.1 Å². The van der Waals surface area contributed by atoms with E-state index in [1.165, 1.54) is 11.9 Å². The van der Waals surface area contributed by atoms with Gasteiger partial charge in [-0.05, 0) is 58.2 Å². The lowest BCUT2D eigenvalue weighted by Gasteiger charge is -2.05. The Bertz CT molecular complexity index is 588. The van der Waals surface area contributed by atoms with Crippen LogP contribution in [0.3, 0.4) is 0 Å². The van der Waals surface area contributed by atoms with Crippen LogP contribution in [0.15, 0.2) is 42.8 Å². The minimum atomic E-state index is -0.206. The van der Waals surface area contributed by atoms with Crippen LogP contribution in [0.5, 0.6) is 0 Å². The fourth-order valence-corrected chi connectivity index (χ4v) is 4.38. The molecule has 7 heteroatoms. The summed E-state index contributed by atoms with van der Waals surface area (Å²) in [6.45, 7) is 0. The Hall–Kier alpha value is -0.0100. The number of nitrogens with one attached hydrogen (secondary N) is 1. The van der Waals surface area contributed by atoms with Gasteiger partial charge in [0.05, 0.1) is 18.6 Å². The molecular weight excluding hydrogens is 422 g/mol. The van der Waals surface area contributed by atoms with Gasteiger partial charge in [-0.2, -0.15) is 0 Å². The van der Waals surface area contributed by atoms with Crippen molar-refractivity contribution in [3.63, 3.8) is 0 Å². The molecular formula is C11H6Br2ClNOS2. The van der Waals surface area contributed by atoms with Gasteiger partial charge in [-0.15, -0.1) is 11.3 Å². The van der Waals surface area contributed by atoms with Crippen LogP contribution in [0.2, 0.25) is 5.02 Å². The highest BCUT2D eigenvalue weighted by Crippen LogP contribution is 2.29. The summed E-state index contributed by atoms with van der Waals surface area (Å²) in [6, 6.07) is 9.04. The molecule has 0 fully saturated rings. The van der Waals surface area contributed by atoms with E-state index in [4.69, 9.17) is 11.6 Å². The Kier molecular flexibility index (Phi) is 5.14. The molecule has 0 saturated carbocycles. The van der Waals surface area contributed by atoms with Crippen molar-refractivity contribution in [2.75, 3.05) is 0 Å². The van der Waals surface area contributed by atoms with Crippen LogP contribution >= 0.6 is 66.7 Å². The van der Waals surface area contributed by atoms with Gasteiger partial charge in [0.2, 0.25) is 0 Å². The minimum Gasteiger partial charge on any atom is -0.291 e. The predicted molar refractivity (Wildman–Crippen MR) is 84.5 cm³/mol.